The molecule has 4 aromatic rings. The fourth-order valence-corrected chi connectivity index (χ4v) is 7.16. The number of halogens is 5. The lowest BCUT2D eigenvalue weighted by atomic mass is 10.0. The molecule has 6 rings (SSSR count). The van der Waals surface area contributed by atoms with E-state index in [1.54, 1.807) is 59.3 Å². The van der Waals surface area contributed by atoms with Gasteiger partial charge in [-0.25, -0.2) is 8.42 Å². The van der Waals surface area contributed by atoms with Crippen LogP contribution in [-0.4, -0.2) is 86.7 Å². The standard InChI is InChI=1S/C25H25ClF3N3O4S.C13H17ClN2O2/c26-19-2-1-3-22(14-19)36-17-24(33)30-20-9-11-31(12-10-20)15-18-8-13-32(16-18)21-4-6-23(7-5-21)37(34,35)25(27,28)29;14-10-2-1-3-12(8-10)18-9-13(17)16-11-4-6-15-7-5-11/h1-8,13-14,16,20H,9-12,15,17H2,(H,30,33);1-3,8,11,15H,4-7,9H2,(H,16,17). The molecule has 2 amide bonds. The molecular formula is C38H42Cl2F3N5O6S. The number of rotatable bonds is 12. The predicted octanol–water partition coefficient (Wildman–Crippen LogP) is 6.17. The summed E-state index contributed by atoms with van der Waals surface area (Å²) in [5.41, 5.74) is -3.78. The predicted molar refractivity (Wildman–Crippen MR) is 203 cm³/mol. The minimum Gasteiger partial charge on any atom is -0.484 e. The Bertz CT molecular complexity index is 1980. The van der Waals surface area contributed by atoms with Gasteiger partial charge in [0.05, 0.1) is 4.90 Å². The zero-order valence-corrected chi connectivity index (χ0v) is 32.1. The third-order valence-electron chi connectivity index (χ3n) is 8.90. The monoisotopic (exact) mass is 823 g/mol. The highest BCUT2D eigenvalue weighted by atomic mass is 35.5. The van der Waals surface area contributed by atoms with Gasteiger partial charge in [-0.3, -0.25) is 14.5 Å². The molecule has 1 aromatic heterocycles. The summed E-state index contributed by atoms with van der Waals surface area (Å²) in [5, 5.41) is 10.4. The molecule has 0 bridgehead atoms. The number of ether oxygens (including phenoxy) is 2. The Morgan fingerprint density at radius 2 is 1.31 bits per heavy atom. The van der Waals surface area contributed by atoms with Gasteiger partial charge in [-0.2, -0.15) is 13.2 Å². The summed E-state index contributed by atoms with van der Waals surface area (Å²) >= 11 is 11.7. The summed E-state index contributed by atoms with van der Waals surface area (Å²) in [6, 6.07) is 20.7. The second-order valence-electron chi connectivity index (χ2n) is 13.1. The lowest BCUT2D eigenvalue weighted by Gasteiger charge is -2.32. The van der Waals surface area contributed by atoms with Crippen molar-refractivity contribution in [1.82, 2.24) is 25.4 Å². The summed E-state index contributed by atoms with van der Waals surface area (Å²) < 4.78 is 73.9. The molecule has 0 spiro atoms. The van der Waals surface area contributed by atoms with E-state index in [0.717, 1.165) is 69.6 Å². The van der Waals surface area contributed by atoms with Crippen LogP contribution in [0.4, 0.5) is 13.2 Å². The van der Waals surface area contributed by atoms with Gasteiger partial charge < -0.3 is 30.0 Å². The largest absolute Gasteiger partial charge is 0.501 e. The summed E-state index contributed by atoms with van der Waals surface area (Å²) in [6.45, 7) is 4.11. The Morgan fingerprint density at radius 3 is 1.82 bits per heavy atom. The SMILES string of the molecule is O=C(COc1cccc(Cl)c1)NC1CCN(Cc2ccn(-c3ccc(S(=O)(=O)C(F)(F)F)cc3)c2)CC1.O=C(COc1cccc(Cl)c1)NC1CCNCC1. The van der Waals surface area contributed by atoms with Crippen molar-refractivity contribution >= 4 is 44.9 Å². The van der Waals surface area contributed by atoms with E-state index < -0.39 is 20.2 Å². The van der Waals surface area contributed by atoms with Gasteiger partial charge in [0.25, 0.3) is 21.7 Å². The number of nitrogens with one attached hydrogen (secondary N) is 3. The van der Waals surface area contributed by atoms with Crippen LogP contribution in [-0.2, 0) is 26.0 Å². The highest BCUT2D eigenvalue weighted by Crippen LogP contribution is 2.30. The first-order valence-corrected chi connectivity index (χ1v) is 19.9. The number of hydrogen-bond donors (Lipinski definition) is 3. The Labute approximate surface area is 328 Å². The first-order chi connectivity index (χ1) is 26.2. The molecule has 3 N–H and O–H groups in total. The van der Waals surface area contributed by atoms with Crippen LogP contribution >= 0.6 is 23.2 Å². The third-order valence-corrected chi connectivity index (χ3v) is 10.9. The molecule has 0 aliphatic carbocycles. The van der Waals surface area contributed by atoms with Crippen molar-refractivity contribution in [3.05, 3.63) is 107 Å². The maximum Gasteiger partial charge on any atom is 0.501 e. The molecule has 2 saturated heterocycles. The van der Waals surface area contributed by atoms with Crippen molar-refractivity contribution < 1.29 is 40.7 Å². The normalized spacial score (nSPS) is 15.7. The first kappa shape index (κ1) is 41.9. The van der Waals surface area contributed by atoms with Gasteiger partial charge in [-0.1, -0.05) is 35.3 Å². The van der Waals surface area contributed by atoms with Gasteiger partial charge in [0, 0.05) is 59.8 Å². The zero-order chi connectivity index (χ0) is 39.4. The average molecular weight is 825 g/mol. The number of likely N-dealkylation sites (tertiary alicyclic amines) is 1. The van der Waals surface area contributed by atoms with Crippen molar-refractivity contribution in [3.63, 3.8) is 0 Å². The van der Waals surface area contributed by atoms with Crippen LogP contribution in [0.5, 0.6) is 11.5 Å². The second kappa shape index (κ2) is 19.5. The van der Waals surface area contributed by atoms with Crippen LogP contribution in [0.15, 0.2) is 96.2 Å². The molecule has 3 aromatic carbocycles. The maximum absolute atomic E-state index is 12.7. The molecule has 0 atom stereocenters. The van der Waals surface area contributed by atoms with E-state index in [1.807, 2.05) is 12.3 Å². The van der Waals surface area contributed by atoms with Crippen molar-refractivity contribution in [2.24, 2.45) is 0 Å². The summed E-state index contributed by atoms with van der Waals surface area (Å²) in [7, 11) is -5.37. The number of piperidine rings is 2. The Kier molecular flexibility index (Phi) is 14.9. The van der Waals surface area contributed by atoms with Crippen molar-refractivity contribution in [2.75, 3.05) is 39.4 Å². The fraction of sp³-hybridized carbons (Fsp3) is 0.368. The molecule has 2 fully saturated rings. The number of amides is 2. The number of carbonyl (C=O) groups excluding carboxylic acids is 2. The fourth-order valence-electron chi connectivity index (χ4n) is 6.04. The van der Waals surface area contributed by atoms with Crippen LogP contribution in [0, 0.1) is 0 Å². The molecule has 3 heterocycles. The highest BCUT2D eigenvalue weighted by Gasteiger charge is 2.46. The summed E-state index contributed by atoms with van der Waals surface area (Å²) in [6.07, 6.45) is 7.16. The zero-order valence-electron chi connectivity index (χ0n) is 29.7. The lowest BCUT2D eigenvalue weighted by molar-refractivity contribution is -0.124. The topological polar surface area (TPSA) is 131 Å². The van der Waals surface area contributed by atoms with Crippen molar-refractivity contribution in [2.45, 2.75) is 54.7 Å². The van der Waals surface area contributed by atoms with Crippen LogP contribution in [0.1, 0.15) is 31.2 Å². The Morgan fingerprint density at radius 1 is 0.782 bits per heavy atom. The van der Waals surface area contributed by atoms with Crippen LogP contribution in [0.25, 0.3) is 5.69 Å². The van der Waals surface area contributed by atoms with E-state index in [1.165, 1.54) is 12.1 Å². The molecule has 17 heteroatoms. The van der Waals surface area contributed by atoms with E-state index in [4.69, 9.17) is 32.7 Å². The second-order valence-corrected chi connectivity index (χ2v) is 15.9. The van der Waals surface area contributed by atoms with Gasteiger partial charge in [-0.15, -0.1) is 0 Å². The minimum atomic E-state index is -5.37. The molecular weight excluding hydrogens is 782 g/mol. The number of benzene rings is 3. The Balaban J connectivity index is 0.000000269. The summed E-state index contributed by atoms with van der Waals surface area (Å²) in [4.78, 5) is 25.4. The number of aromatic nitrogens is 1. The molecule has 0 radical (unpaired) electrons. The van der Waals surface area contributed by atoms with Crippen LogP contribution in [0.2, 0.25) is 10.0 Å². The number of hydrogen-bond acceptors (Lipinski definition) is 8. The van der Waals surface area contributed by atoms with Crippen molar-refractivity contribution in [3.8, 4) is 17.2 Å². The summed E-state index contributed by atoms with van der Waals surface area (Å²) in [5.74, 6) is 0.876. The molecule has 55 heavy (non-hydrogen) atoms. The van der Waals surface area contributed by atoms with E-state index in [9.17, 15) is 31.2 Å². The van der Waals surface area contributed by atoms with Gasteiger partial charge in [0.1, 0.15) is 11.5 Å². The number of sulfone groups is 1. The van der Waals surface area contributed by atoms with Gasteiger partial charge >= 0.3 is 5.51 Å². The Hall–Kier alpha value is -4.28. The first-order valence-electron chi connectivity index (χ1n) is 17.6. The molecule has 0 unspecified atom stereocenters. The number of nitrogens with zero attached hydrogens (tertiary/aromatic N) is 2. The van der Waals surface area contributed by atoms with Crippen molar-refractivity contribution in [1.29, 1.82) is 0 Å². The molecule has 0 saturated carbocycles. The quantitative estimate of drug-likeness (QED) is 0.155. The van der Waals surface area contributed by atoms with E-state index >= 15 is 0 Å². The average Bonchev–Trinajstić information content (AvgIpc) is 3.63. The van der Waals surface area contributed by atoms with Gasteiger partial charge in [-0.05, 0) is 111 Å². The smallest absolute Gasteiger partial charge is 0.484 e. The molecule has 2 aliphatic rings. The third kappa shape index (κ3) is 12.9. The maximum atomic E-state index is 12.7. The number of carbonyl (C=O) groups is 2. The van der Waals surface area contributed by atoms with E-state index in [2.05, 4.69) is 20.9 Å². The van der Waals surface area contributed by atoms with Gasteiger partial charge in [0.15, 0.2) is 13.2 Å². The molecule has 11 nitrogen and oxygen atoms in total. The highest BCUT2D eigenvalue weighted by molar-refractivity contribution is 7.92. The van der Waals surface area contributed by atoms with E-state index in [-0.39, 0.29) is 37.1 Å². The number of alkyl halides is 3. The lowest BCUT2D eigenvalue weighted by Crippen LogP contribution is -2.45. The molecule has 2 aliphatic heterocycles. The minimum absolute atomic E-state index is 0.0320. The molecule has 296 valence electrons. The van der Waals surface area contributed by atoms with Crippen LogP contribution < -0.4 is 25.4 Å². The van der Waals surface area contributed by atoms with E-state index in [0.29, 0.717) is 33.8 Å². The van der Waals surface area contributed by atoms with Crippen LogP contribution in [0.3, 0.4) is 0 Å². The van der Waals surface area contributed by atoms with Gasteiger partial charge in [0.2, 0.25) is 0 Å².